The summed E-state index contributed by atoms with van der Waals surface area (Å²) < 4.78 is 1.28. The molecule has 0 heterocycles. The van der Waals surface area contributed by atoms with Crippen molar-refractivity contribution >= 4 is 15.9 Å². The second-order valence-corrected chi connectivity index (χ2v) is 7.72. The summed E-state index contributed by atoms with van der Waals surface area (Å²) in [6.45, 7) is 2.41. The van der Waals surface area contributed by atoms with Crippen LogP contribution in [0.2, 0.25) is 0 Å². The van der Waals surface area contributed by atoms with Crippen LogP contribution in [0.3, 0.4) is 0 Å². The van der Waals surface area contributed by atoms with Gasteiger partial charge in [-0.25, -0.2) is 0 Å². The van der Waals surface area contributed by atoms with Gasteiger partial charge in [0.15, 0.2) is 0 Å². The maximum absolute atomic E-state index is 3.92. The van der Waals surface area contributed by atoms with E-state index in [1.807, 2.05) is 0 Å². The zero-order valence-electron chi connectivity index (χ0n) is 12.4. The van der Waals surface area contributed by atoms with Gasteiger partial charge in [0, 0.05) is 16.6 Å². The van der Waals surface area contributed by atoms with Crippen LogP contribution in [0.5, 0.6) is 0 Å². The smallest absolute Gasteiger partial charge is 0.0210 e. The Morgan fingerprint density at radius 2 is 1.80 bits per heavy atom. The molecule has 0 spiro atoms. The highest BCUT2D eigenvalue weighted by Gasteiger charge is 2.32. The molecule has 0 saturated heterocycles. The minimum absolute atomic E-state index is 0.755. The molecule has 2 heteroatoms. The molecular formula is C18H26BrN. The van der Waals surface area contributed by atoms with Crippen molar-refractivity contribution in [2.24, 2.45) is 5.92 Å². The van der Waals surface area contributed by atoms with Crippen LogP contribution in [-0.2, 0) is 0 Å². The molecule has 2 aliphatic carbocycles. The molecule has 2 unspecified atom stereocenters. The van der Waals surface area contributed by atoms with E-state index in [0.29, 0.717) is 0 Å². The highest BCUT2D eigenvalue weighted by atomic mass is 79.9. The lowest BCUT2D eigenvalue weighted by atomic mass is 9.75. The second kappa shape index (κ2) is 6.62. The van der Waals surface area contributed by atoms with Crippen molar-refractivity contribution in [2.75, 3.05) is 0 Å². The first-order chi connectivity index (χ1) is 9.72. The number of benzene rings is 1. The first kappa shape index (κ1) is 14.6. The van der Waals surface area contributed by atoms with Gasteiger partial charge in [-0.2, -0.15) is 0 Å². The van der Waals surface area contributed by atoms with E-state index in [9.17, 15) is 0 Å². The zero-order chi connectivity index (χ0) is 13.9. The molecule has 20 heavy (non-hydrogen) atoms. The average molecular weight is 336 g/mol. The fourth-order valence-electron chi connectivity index (χ4n) is 3.80. The van der Waals surface area contributed by atoms with Gasteiger partial charge in [0.05, 0.1) is 0 Å². The SMILES string of the molecule is CC1CCCC(NC2CC(c3ccccc3Br)C2)CC1. The standard InChI is InChI=1S/C18H26BrN/c1-13-5-4-6-15(10-9-13)20-16-11-14(12-16)17-7-2-3-8-18(17)19/h2-3,7-8,13-16,20H,4-6,9-12H2,1H3. The van der Waals surface area contributed by atoms with Gasteiger partial charge in [-0.1, -0.05) is 53.9 Å². The molecule has 0 aromatic heterocycles. The molecule has 0 radical (unpaired) electrons. The van der Waals surface area contributed by atoms with E-state index < -0.39 is 0 Å². The molecule has 1 nitrogen and oxygen atoms in total. The summed E-state index contributed by atoms with van der Waals surface area (Å²) in [4.78, 5) is 0. The normalized spacial score (nSPS) is 34.3. The van der Waals surface area contributed by atoms with Gasteiger partial charge >= 0.3 is 0 Å². The molecule has 1 N–H and O–H groups in total. The van der Waals surface area contributed by atoms with E-state index in [2.05, 4.69) is 52.4 Å². The van der Waals surface area contributed by atoms with Crippen molar-refractivity contribution in [3.05, 3.63) is 34.3 Å². The van der Waals surface area contributed by atoms with Gasteiger partial charge in [0.25, 0.3) is 0 Å². The average Bonchev–Trinajstić information content (AvgIpc) is 2.60. The summed E-state index contributed by atoms with van der Waals surface area (Å²) in [5.74, 6) is 1.70. The molecule has 2 aliphatic rings. The summed E-state index contributed by atoms with van der Waals surface area (Å²) in [5.41, 5.74) is 1.50. The molecule has 2 atom stereocenters. The molecular weight excluding hydrogens is 310 g/mol. The van der Waals surface area contributed by atoms with Crippen LogP contribution in [0.4, 0.5) is 0 Å². The molecule has 0 aliphatic heterocycles. The first-order valence-electron chi connectivity index (χ1n) is 8.23. The number of halogens is 1. The third kappa shape index (κ3) is 3.46. The number of nitrogens with one attached hydrogen (secondary N) is 1. The number of hydrogen-bond acceptors (Lipinski definition) is 1. The van der Waals surface area contributed by atoms with Gasteiger partial charge in [0.2, 0.25) is 0 Å². The number of hydrogen-bond donors (Lipinski definition) is 1. The van der Waals surface area contributed by atoms with Crippen molar-refractivity contribution < 1.29 is 0 Å². The topological polar surface area (TPSA) is 12.0 Å². The van der Waals surface area contributed by atoms with Crippen LogP contribution in [0.1, 0.15) is 63.4 Å². The largest absolute Gasteiger partial charge is 0.311 e. The molecule has 110 valence electrons. The monoisotopic (exact) mass is 335 g/mol. The second-order valence-electron chi connectivity index (χ2n) is 6.86. The van der Waals surface area contributed by atoms with Gasteiger partial charge < -0.3 is 5.32 Å². The fourth-order valence-corrected chi connectivity index (χ4v) is 4.41. The Morgan fingerprint density at radius 3 is 2.60 bits per heavy atom. The molecule has 3 rings (SSSR count). The van der Waals surface area contributed by atoms with Crippen molar-refractivity contribution in [3.63, 3.8) is 0 Å². The van der Waals surface area contributed by atoms with Crippen molar-refractivity contribution in [2.45, 2.75) is 69.9 Å². The summed E-state index contributed by atoms with van der Waals surface area (Å²) in [5, 5.41) is 3.92. The Labute approximate surface area is 131 Å². The minimum atomic E-state index is 0.755. The summed E-state index contributed by atoms with van der Waals surface area (Å²) >= 11 is 3.69. The van der Waals surface area contributed by atoms with Crippen LogP contribution in [0.15, 0.2) is 28.7 Å². The van der Waals surface area contributed by atoms with E-state index in [4.69, 9.17) is 0 Å². The Morgan fingerprint density at radius 1 is 1.00 bits per heavy atom. The predicted molar refractivity (Wildman–Crippen MR) is 89.1 cm³/mol. The van der Waals surface area contributed by atoms with Crippen LogP contribution in [0.25, 0.3) is 0 Å². The predicted octanol–water partition coefficient (Wildman–Crippen LogP) is 5.25. The Balaban J connectivity index is 1.47. The molecule has 1 aromatic rings. The van der Waals surface area contributed by atoms with Crippen LogP contribution in [-0.4, -0.2) is 12.1 Å². The third-order valence-corrected chi connectivity index (χ3v) is 5.93. The molecule has 0 bridgehead atoms. The lowest BCUT2D eigenvalue weighted by Crippen LogP contribution is -2.45. The van der Waals surface area contributed by atoms with E-state index in [-0.39, 0.29) is 0 Å². The van der Waals surface area contributed by atoms with E-state index in [1.165, 1.54) is 55.0 Å². The summed E-state index contributed by atoms with van der Waals surface area (Å²) in [7, 11) is 0. The third-order valence-electron chi connectivity index (χ3n) is 5.21. The summed E-state index contributed by atoms with van der Waals surface area (Å²) in [6.07, 6.45) is 9.67. The van der Waals surface area contributed by atoms with Gasteiger partial charge in [-0.15, -0.1) is 0 Å². The Hall–Kier alpha value is -0.340. The van der Waals surface area contributed by atoms with Crippen LogP contribution >= 0.6 is 15.9 Å². The van der Waals surface area contributed by atoms with Gasteiger partial charge in [-0.05, 0) is 55.6 Å². The van der Waals surface area contributed by atoms with Gasteiger partial charge in [-0.3, -0.25) is 0 Å². The maximum atomic E-state index is 3.92. The quantitative estimate of drug-likeness (QED) is 0.743. The highest BCUT2D eigenvalue weighted by molar-refractivity contribution is 9.10. The lowest BCUT2D eigenvalue weighted by molar-refractivity contribution is 0.253. The van der Waals surface area contributed by atoms with Crippen molar-refractivity contribution in [3.8, 4) is 0 Å². The maximum Gasteiger partial charge on any atom is 0.0210 e. The van der Waals surface area contributed by atoms with Crippen molar-refractivity contribution in [1.82, 2.24) is 5.32 Å². The van der Waals surface area contributed by atoms with Gasteiger partial charge in [0.1, 0.15) is 0 Å². The van der Waals surface area contributed by atoms with E-state index in [1.54, 1.807) is 0 Å². The zero-order valence-corrected chi connectivity index (χ0v) is 14.0. The lowest BCUT2D eigenvalue weighted by Gasteiger charge is -2.39. The van der Waals surface area contributed by atoms with E-state index in [0.717, 1.165) is 23.9 Å². The fraction of sp³-hybridized carbons (Fsp3) is 0.667. The highest BCUT2D eigenvalue weighted by Crippen LogP contribution is 2.40. The number of rotatable bonds is 3. The Bertz CT molecular complexity index is 439. The van der Waals surface area contributed by atoms with Crippen molar-refractivity contribution in [1.29, 1.82) is 0 Å². The summed E-state index contributed by atoms with van der Waals surface area (Å²) in [6, 6.07) is 10.2. The van der Waals surface area contributed by atoms with Crippen LogP contribution in [0, 0.1) is 5.92 Å². The molecule has 1 aromatic carbocycles. The Kier molecular flexibility index (Phi) is 4.83. The van der Waals surface area contributed by atoms with Crippen LogP contribution < -0.4 is 5.32 Å². The minimum Gasteiger partial charge on any atom is -0.311 e. The first-order valence-corrected chi connectivity index (χ1v) is 9.02. The van der Waals surface area contributed by atoms with E-state index >= 15 is 0 Å². The molecule has 0 amide bonds. The molecule has 2 fully saturated rings. The molecule has 2 saturated carbocycles.